The van der Waals surface area contributed by atoms with E-state index in [1.54, 1.807) is 11.0 Å². The van der Waals surface area contributed by atoms with E-state index < -0.39 is 16.9 Å². The average molecular weight is 323 g/mol. The first-order chi connectivity index (χ1) is 10.4. The Morgan fingerprint density at radius 2 is 2.00 bits per heavy atom. The molecule has 6 heteroatoms. The molecule has 1 aliphatic heterocycles. The van der Waals surface area contributed by atoms with Crippen LogP contribution >= 0.6 is 11.6 Å². The molecule has 2 aliphatic rings. The molecule has 0 spiro atoms. The van der Waals surface area contributed by atoms with Crippen LogP contribution in [0.4, 0.5) is 0 Å². The van der Waals surface area contributed by atoms with Crippen LogP contribution < -0.4 is 5.73 Å². The van der Waals surface area contributed by atoms with E-state index in [2.05, 4.69) is 0 Å². The topological polar surface area (TPSA) is 83.6 Å². The zero-order chi connectivity index (χ0) is 16.0. The van der Waals surface area contributed by atoms with Crippen molar-refractivity contribution < 1.29 is 14.7 Å². The minimum absolute atomic E-state index is 0.0243. The molecule has 1 saturated carbocycles. The van der Waals surface area contributed by atoms with Crippen LogP contribution in [0.3, 0.4) is 0 Å². The fraction of sp³-hybridized carbons (Fsp3) is 0.500. The second-order valence-electron chi connectivity index (χ2n) is 6.32. The minimum atomic E-state index is -1.61. The lowest BCUT2D eigenvalue weighted by Crippen LogP contribution is -2.58. The Hall–Kier alpha value is -1.59. The standard InChI is InChI=1S/C16H19ClN2O3/c17-12-4-1-3-11(9-12)15(6-7-15)14(21)19-8-2-5-16(22,10-19)13(18)20/h1,3-4,9,22H,2,5-8,10H2,(H2,18,20)/t16-/m1/s1. The number of nitrogens with two attached hydrogens (primary N) is 1. The number of aliphatic hydroxyl groups is 1. The highest BCUT2D eigenvalue weighted by Gasteiger charge is 2.54. The van der Waals surface area contributed by atoms with Gasteiger partial charge in [0.2, 0.25) is 5.91 Å². The summed E-state index contributed by atoms with van der Waals surface area (Å²) in [6.07, 6.45) is 2.39. The predicted molar refractivity (Wildman–Crippen MR) is 82.3 cm³/mol. The summed E-state index contributed by atoms with van der Waals surface area (Å²) in [5.74, 6) is -0.813. The maximum absolute atomic E-state index is 12.9. The minimum Gasteiger partial charge on any atom is -0.378 e. The Kier molecular flexibility index (Phi) is 3.65. The highest BCUT2D eigenvalue weighted by Crippen LogP contribution is 2.50. The maximum Gasteiger partial charge on any atom is 0.251 e. The molecule has 3 N–H and O–H groups in total. The summed E-state index contributed by atoms with van der Waals surface area (Å²) in [7, 11) is 0. The Morgan fingerprint density at radius 3 is 2.59 bits per heavy atom. The monoisotopic (exact) mass is 322 g/mol. The first kappa shape index (κ1) is 15.3. The quantitative estimate of drug-likeness (QED) is 0.877. The van der Waals surface area contributed by atoms with Crippen molar-refractivity contribution in [3.05, 3.63) is 34.9 Å². The lowest BCUT2D eigenvalue weighted by molar-refractivity contribution is -0.150. The van der Waals surface area contributed by atoms with E-state index in [4.69, 9.17) is 17.3 Å². The van der Waals surface area contributed by atoms with Crippen LogP contribution in [0.25, 0.3) is 0 Å². The van der Waals surface area contributed by atoms with Crippen LogP contribution in [-0.2, 0) is 15.0 Å². The van der Waals surface area contributed by atoms with E-state index >= 15 is 0 Å². The molecular weight excluding hydrogens is 304 g/mol. The predicted octanol–water partition coefficient (Wildman–Crippen LogP) is 1.21. The van der Waals surface area contributed by atoms with E-state index in [1.165, 1.54) is 0 Å². The lowest BCUT2D eigenvalue weighted by Gasteiger charge is -2.38. The number of β-amino-alcohol motifs (C(OH)–C–C–N with tert-alkyl or cyclic N) is 1. The Balaban J connectivity index is 1.83. The van der Waals surface area contributed by atoms with Gasteiger partial charge in [-0.2, -0.15) is 0 Å². The van der Waals surface area contributed by atoms with Gasteiger partial charge in [-0.3, -0.25) is 9.59 Å². The summed E-state index contributed by atoms with van der Waals surface area (Å²) >= 11 is 6.03. The second kappa shape index (κ2) is 5.25. The van der Waals surface area contributed by atoms with Gasteiger partial charge in [0.05, 0.1) is 12.0 Å². The van der Waals surface area contributed by atoms with Gasteiger partial charge in [0, 0.05) is 11.6 Å². The number of rotatable bonds is 3. The number of benzene rings is 1. The summed E-state index contributed by atoms with van der Waals surface area (Å²) < 4.78 is 0. The molecule has 0 bridgehead atoms. The molecule has 1 heterocycles. The second-order valence-corrected chi connectivity index (χ2v) is 6.75. The molecule has 1 aromatic rings. The Morgan fingerprint density at radius 1 is 1.27 bits per heavy atom. The van der Waals surface area contributed by atoms with Crippen molar-refractivity contribution in [2.75, 3.05) is 13.1 Å². The van der Waals surface area contributed by atoms with Crippen LogP contribution in [0, 0.1) is 0 Å². The van der Waals surface area contributed by atoms with Crippen LogP contribution in [0.15, 0.2) is 24.3 Å². The molecule has 118 valence electrons. The van der Waals surface area contributed by atoms with Gasteiger partial charge in [-0.1, -0.05) is 23.7 Å². The Bertz CT molecular complexity index is 630. The highest BCUT2D eigenvalue weighted by molar-refractivity contribution is 6.30. The summed E-state index contributed by atoms with van der Waals surface area (Å²) in [5, 5.41) is 10.9. The van der Waals surface area contributed by atoms with Gasteiger partial charge in [0.15, 0.2) is 5.60 Å². The van der Waals surface area contributed by atoms with Crippen molar-refractivity contribution >= 4 is 23.4 Å². The number of likely N-dealkylation sites (tertiary alicyclic amines) is 1. The largest absolute Gasteiger partial charge is 0.378 e. The number of piperidine rings is 1. The highest BCUT2D eigenvalue weighted by atomic mass is 35.5. The molecule has 2 amide bonds. The third kappa shape index (κ3) is 2.48. The van der Waals surface area contributed by atoms with Crippen molar-refractivity contribution in [2.24, 2.45) is 5.73 Å². The third-order valence-electron chi connectivity index (χ3n) is 4.75. The van der Waals surface area contributed by atoms with Crippen LogP contribution in [-0.4, -0.2) is 40.5 Å². The number of hydrogen-bond acceptors (Lipinski definition) is 3. The van der Waals surface area contributed by atoms with Gasteiger partial charge in [-0.25, -0.2) is 0 Å². The van der Waals surface area contributed by atoms with Gasteiger partial charge in [0.25, 0.3) is 5.91 Å². The molecule has 0 radical (unpaired) electrons. The number of halogens is 1. The summed E-state index contributed by atoms with van der Waals surface area (Å²) in [6, 6.07) is 7.33. The van der Waals surface area contributed by atoms with Gasteiger partial charge < -0.3 is 15.7 Å². The van der Waals surface area contributed by atoms with Crippen LogP contribution in [0.1, 0.15) is 31.2 Å². The zero-order valence-electron chi connectivity index (χ0n) is 12.2. The lowest BCUT2D eigenvalue weighted by atomic mass is 9.89. The van der Waals surface area contributed by atoms with Crippen molar-refractivity contribution in [2.45, 2.75) is 36.7 Å². The molecular formula is C16H19ClN2O3. The number of primary amides is 1. The van der Waals surface area contributed by atoms with E-state index in [0.29, 0.717) is 24.4 Å². The Labute approximate surface area is 134 Å². The number of nitrogens with zero attached hydrogens (tertiary/aromatic N) is 1. The fourth-order valence-corrected chi connectivity index (χ4v) is 3.44. The third-order valence-corrected chi connectivity index (χ3v) is 4.99. The van der Waals surface area contributed by atoms with Gasteiger partial charge in [-0.15, -0.1) is 0 Å². The fourth-order valence-electron chi connectivity index (χ4n) is 3.25. The van der Waals surface area contributed by atoms with E-state index in [1.807, 2.05) is 18.2 Å². The van der Waals surface area contributed by atoms with E-state index in [-0.39, 0.29) is 12.5 Å². The van der Waals surface area contributed by atoms with Crippen molar-refractivity contribution in [3.63, 3.8) is 0 Å². The van der Waals surface area contributed by atoms with Crippen LogP contribution in [0.2, 0.25) is 5.02 Å². The van der Waals surface area contributed by atoms with Crippen molar-refractivity contribution in [1.82, 2.24) is 4.90 Å². The maximum atomic E-state index is 12.9. The normalized spacial score (nSPS) is 26.5. The first-order valence-corrected chi connectivity index (χ1v) is 7.83. The van der Waals surface area contributed by atoms with Crippen LogP contribution in [0.5, 0.6) is 0 Å². The smallest absolute Gasteiger partial charge is 0.251 e. The number of carbonyl (C=O) groups excluding carboxylic acids is 2. The molecule has 0 unspecified atom stereocenters. The van der Waals surface area contributed by atoms with Gasteiger partial charge >= 0.3 is 0 Å². The number of hydrogen-bond donors (Lipinski definition) is 2. The number of amides is 2. The molecule has 3 rings (SSSR count). The summed E-state index contributed by atoms with van der Waals surface area (Å²) in [4.78, 5) is 25.9. The first-order valence-electron chi connectivity index (χ1n) is 7.45. The molecule has 1 aliphatic carbocycles. The molecule has 1 atom stereocenters. The summed E-state index contributed by atoms with van der Waals surface area (Å²) in [5.41, 5.74) is 4.01. The molecule has 1 saturated heterocycles. The molecule has 2 fully saturated rings. The molecule has 5 nitrogen and oxygen atoms in total. The zero-order valence-corrected chi connectivity index (χ0v) is 13.0. The van der Waals surface area contributed by atoms with Gasteiger partial charge in [-0.05, 0) is 43.4 Å². The van der Waals surface area contributed by atoms with Crippen molar-refractivity contribution in [3.8, 4) is 0 Å². The van der Waals surface area contributed by atoms with Gasteiger partial charge in [0.1, 0.15) is 0 Å². The summed E-state index contributed by atoms with van der Waals surface area (Å²) in [6.45, 7) is 0.514. The van der Waals surface area contributed by atoms with E-state index in [9.17, 15) is 14.7 Å². The number of carbonyl (C=O) groups is 2. The average Bonchev–Trinajstić information content (AvgIpc) is 3.28. The van der Waals surface area contributed by atoms with Crippen molar-refractivity contribution in [1.29, 1.82) is 0 Å². The van der Waals surface area contributed by atoms with E-state index in [0.717, 1.165) is 18.4 Å². The SMILES string of the molecule is NC(=O)[C@@]1(O)CCCN(C(=O)C2(c3cccc(Cl)c3)CC2)C1. The molecule has 1 aromatic carbocycles. The molecule has 0 aromatic heterocycles. The molecule has 22 heavy (non-hydrogen) atoms.